The molecule has 2 N–H and O–H groups in total. The normalized spacial score (nSPS) is 24.9. The van der Waals surface area contributed by atoms with Crippen LogP contribution in [-0.2, 0) is 24.7 Å². The Morgan fingerprint density at radius 1 is 0.850 bits per heavy atom. The van der Waals surface area contributed by atoms with Crippen LogP contribution in [0.2, 0.25) is 39.3 Å². The first-order valence-electron chi connectivity index (χ1n) is 5.90. The van der Waals surface area contributed by atoms with Crippen LogP contribution < -0.4 is 0 Å². The van der Waals surface area contributed by atoms with Crippen LogP contribution in [0.5, 0.6) is 0 Å². The topological polar surface area (TPSA) is 95.8 Å². The van der Waals surface area contributed by atoms with Gasteiger partial charge in [0.2, 0.25) is 0 Å². The Morgan fingerprint density at radius 2 is 1.20 bits per heavy atom. The van der Waals surface area contributed by atoms with E-state index in [4.69, 9.17) is 24.7 Å². The first-order chi connectivity index (χ1) is 8.99. The van der Waals surface area contributed by atoms with Gasteiger partial charge in [-0.3, -0.25) is 0 Å². The van der Waals surface area contributed by atoms with Crippen molar-refractivity contribution in [2.45, 2.75) is 39.3 Å². The van der Waals surface area contributed by atoms with Gasteiger partial charge in [-0.05, 0) is 39.3 Å². The second-order valence-corrected chi connectivity index (χ2v) is 18.5. The molecule has 1 aliphatic rings. The zero-order valence-corrected chi connectivity index (χ0v) is 18.3. The third-order valence-corrected chi connectivity index (χ3v) is 16.0. The average Bonchev–Trinajstić information content (AvgIpc) is 2.08. The molecule has 4 radical (unpaired) electrons. The van der Waals surface area contributed by atoms with E-state index in [0.717, 1.165) is 0 Å². The van der Waals surface area contributed by atoms with Crippen LogP contribution in [0.1, 0.15) is 0 Å². The molecule has 0 unspecified atom stereocenters. The summed E-state index contributed by atoms with van der Waals surface area (Å²) < 4.78 is 33.9. The standard InChI is InChI=1S/C6H20O8Si6/c1-15(7)9-17-11-18(10-16(2)8)13-20(5,6)14-19(3,4)12-17/h7-8H,1-6H3. The molecule has 0 atom stereocenters. The van der Waals surface area contributed by atoms with Gasteiger partial charge in [-0.25, -0.2) is 0 Å². The minimum absolute atomic E-state index is 1.57. The predicted molar refractivity (Wildman–Crippen MR) is 80.7 cm³/mol. The van der Waals surface area contributed by atoms with Gasteiger partial charge in [-0.15, -0.1) is 0 Å². The molecule has 0 bridgehead atoms. The molecule has 1 fully saturated rings. The number of rotatable bonds is 4. The molecule has 0 aliphatic carbocycles. The van der Waals surface area contributed by atoms with Gasteiger partial charge in [0, 0.05) is 0 Å². The molecular formula is C6H20O8Si6. The van der Waals surface area contributed by atoms with Gasteiger partial charge in [0.25, 0.3) is 0 Å². The summed E-state index contributed by atoms with van der Waals surface area (Å²) in [6.07, 6.45) is 0. The Bertz CT molecular complexity index is 286. The monoisotopic (exact) mass is 388 g/mol. The summed E-state index contributed by atoms with van der Waals surface area (Å²) in [5.74, 6) is 0. The Hall–Kier alpha value is 0.981. The SMILES string of the molecule is C[Si](O)O[Si]1O[Si](O[Si](C)O)O[Si](C)(C)O[Si](C)(C)O1. The molecule has 0 aromatic heterocycles. The van der Waals surface area contributed by atoms with E-state index >= 15 is 0 Å². The maximum atomic E-state index is 9.42. The lowest BCUT2D eigenvalue weighted by Gasteiger charge is -2.38. The second kappa shape index (κ2) is 7.50. The summed E-state index contributed by atoms with van der Waals surface area (Å²) in [6, 6.07) is 0. The van der Waals surface area contributed by atoms with E-state index in [9.17, 15) is 9.59 Å². The van der Waals surface area contributed by atoms with Crippen molar-refractivity contribution in [3.63, 3.8) is 0 Å². The molecule has 1 saturated heterocycles. The van der Waals surface area contributed by atoms with Crippen molar-refractivity contribution in [3.05, 3.63) is 0 Å². The van der Waals surface area contributed by atoms with Crippen molar-refractivity contribution in [1.82, 2.24) is 0 Å². The summed E-state index contributed by atoms with van der Waals surface area (Å²) >= 11 is 0. The van der Waals surface area contributed by atoms with Crippen LogP contribution in [0, 0.1) is 0 Å². The highest BCUT2D eigenvalue weighted by molar-refractivity contribution is 6.85. The second-order valence-electron chi connectivity index (χ2n) is 4.95. The Labute approximate surface area is 128 Å². The predicted octanol–water partition coefficient (Wildman–Crippen LogP) is -0.306. The summed E-state index contributed by atoms with van der Waals surface area (Å²) in [4.78, 5) is 18.8. The van der Waals surface area contributed by atoms with E-state index in [-0.39, 0.29) is 0 Å². The van der Waals surface area contributed by atoms with E-state index in [1.807, 2.05) is 26.2 Å². The van der Waals surface area contributed by atoms with E-state index in [0.29, 0.717) is 0 Å². The van der Waals surface area contributed by atoms with Crippen LogP contribution >= 0.6 is 0 Å². The molecule has 0 amide bonds. The number of hydrogen-bond acceptors (Lipinski definition) is 8. The maximum absolute atomic E-state index is 9.42. The molecule has 20 heavy (non-hydrogen) atoms. The van der Waals surface area contributed by atoms with Gasteiger partial charge in [0.05, 0.1) is 0 Å². The lowest BCUT2D eigenvalue weighted by Crippen LogP contribution is -2.60. The van der Waals surface area contributed by atoms with Crippen molar-refractivity contribution in [2.24, 2.45) is 0 Å². The fourth-order valence-corrected chi connectivity index (χ4v) is 16.2. The fourth-order valence-electron chi connectivity index (χ4n) is 1.47. The maximum Gasteiger partial charge on any atom is 0.550 e. The Morgan fingerprint density at radius 3 is 1.50 bits per heavy atom. The van der Waals surface area contributed by atoms with Crippen LogP contribution in [0.3, 0.4) is 0 Å². The molecule has 14 heteroatoms. The van der Waals surface area contributed by atoms with Crippen molar-refractivity contribution in [1.29, 1.82) is 0 Å². The van der Waals surface area contributed by atoms with Crippen molar-refractivity contribution < 1.29 is 34.3 Å². The molecule has 1 aliphatic heterocycles. The molecule has 0 aromatic rings. The Balaban J connectivity index is 2.84. The molecule has 116 valence electrons. The zero-order chi connectivity index (χ0) is 15.6. The first-order valence-corrected chi connectivity index (χ1v) is 17.7. The van der Waals surface area contributed by atoms with Crippen molar-refractivity contribution in [2.75, 3.05) is 0 Å². The van der Waals surface area contributed by atoms with Crippen molar-refractivity contribution >= 4 is 54.7 Å². The quantitative estimate of drug-likeness (QED) is 0.633. The molecule has 1 rings (SSSR count). The van der Waals surface area contributed by atoms with E-state index in [1.54, 1.807) is 13.1 Å². The molecule has 0 aromatic carbocycles. The van der Waals surface area contributed by atoms with Gasteiger partial charge in [0.15, 0.2) is 0 Å². The largest absolute Gasteiger partial charge is 0.550 e. The summed E-state index contributed by atoms with van der Waals surface area (Å²) in [7, 11) is -13.3. The third-order valence-electron chi connectivity index (χ3n) is 1.78. The highest BCUT2D eigenvalue weighted by Crippen LogP contribution is 2.23. The molecule has 0 saturated carbocycles. The summed E-state index contributed by atoms with van der Waals surface area (Å²) in [6.45, 7) is 10.6. The molecule has 0 spiro atoms. The van der Waals surface area contributed by atoms with E-state index in [2.05, 4.69) is 0 Å². The molecular weight excluding hydrogens is 369 g/mol. The smallest absolute Gasteiger partial charge is 0.416 e. The zero-order valence-electron chi connectivity index (χ0n) is 12.3. The molecule has 1 heterocycles. The van der Waals surface area contributed by atoms with E-state index in [1.165, 1.54) is 0 Å². The minimum Gasteiger partial charge on any atom is -0.416 e. The van der Waals surface area contributed by atoms with E-state index < -0.39 is 54.7 Å². The molecule has 8 nitrogen and oxygen atoms in total. The van der Waals surface area contributed by atoms with Crippen LogP contribution in [0.25, 0.3) is 0 Å². The highest BCUT2D eigenvalue weighted by atomic mass is 28.5. The Kier molecular flexibility index (Phi) is 7.14. The summed E-state index contributed by atoms with van der Waals surface area (Å²) in [5, 5.41) is 0. The lowest BCUT2D eigenvalue weighted by atomic mass is 11.9. The van der Waals surface area contributed by atoms with Gasteiger partial charge in [-0.1, -0.05) is 0 Å². The van der Waals surface area contributed by atoms with Gasteiger partial charge in [-0.2, -0.15) is 0 Å². The van der Waals surface area contributed by atoms with Gasteiger partial charge >= 0.3 is 54.7 Å². The fraction of sp³-hybridized carbons (Fsp3) is 1.00. The average molecular weight is 389 g/mol. The number of hydrogen-bond donors (Lipinski definition) is 2. The van der Waals surface area contributed by atoms with Crippen molar-refractivity contribution in [3.8, 4) is 0 Å². The lowest BCUT2D eigenvalue weighted by molar-refractivity contribution is 0.170. The van der Waals surface area contributed by atoms with Gasteiger partial charge in [0.1, 0.15) is 0 Å². The summed E-state index contributed by atoms with van der Waals surface area (Å²) in [5.41, 5.74) is 0. The third kappa shape index (κ3) is 7.31. The van der Waals surface area contributed by atoms with Gasteiger partial charge < -0.3 is 34.3 Å². The first kappa shape index (κ1) is 19.0. The minimum atomic E-state index is -2.46. The highest BCUT2D eigenvalue weighted by Gasteiger charge is 2.48. The van der Waals surface area contributed by atoms with Crippen LogP contribution in [0.4, 0.5) is 0 Å². The van der Waals surface area contributed by atoms with Crippen LogP contribution in [0.15, 0.2) is 0 Å². The van der Waals surface area contributed by atoms with Crippen LogP contribution in [-0.4, -0.2) is 64.3 Å².